The first-order valence-electron chi connectivity index (χ1n) is 25.2. The third kappa shape index (κ3) is 15.7. The van der Waals surface area contributed by atoms with E-state index in [2.05, 4.69) is 51.3 Å². The van der Waals surface area contributed by atoms with Crippen LogP contribution < -0.4 is 10.6 Å². The van der Waals surface area contributed by atoms with Gasteiger partial charge in [-0.1, -0.05) is 91.2 Å². The average Bonchev–Trinajstić information content (AvgIpc) is 3.53. The van der Waals surface area contributed by atoms with Gasteiger partial charge in [0.25, 0.3) is 0 Å². The lowest BCUT2D eigenvalue weighted by atomic mass is 9.47. The lowest BCUT2D eigenvalue weighted by Crippen LogP contribution is -2.51. The number of fused-ring (bicyclic) bond motifs is 5. The van der Waals surface area contributed by atoms with Crippen LogP contribution in [0, 0.1) is 46.3 Å². The fraction of sp³-hybridized carbons (Fsp3) is 0.885. The van der Waals surface area contributed by atoms with E-state index in [-0.39, 0.29) is 42.3 Å². The summed E-state index contributed by atoms with van der Waals surface area (Å²) < 4.78 is 16.8. The van der Waals surface area contributed by atoms with Crippen LogP contribution in [0.25, 0.3) is 0 Å². The van der Waals surface area contributed by atoms with Crippen LogP contribution in [0.15, 0.2) is 11.6 Å². The molecule has 2 N–H and O–H groups in total. The minimum atomic E-state index is -0.578. The number of hydrogen-bond donors (Lipinski definition) is 2. The molecule has 3 saturated carbocycles. The number of ether oxygens (including phenoxy) is 3. The molecule has 0 spiro atoms. The highest BCUT2D eigenvalue weighted by Crippen LogP contribution is 2.67. The molecule has 4 aliphatic rings. The van der Waals surface area contributed by atoms with E-state index in [1.807, 2.05) is 46.4 Å². The Morgan fingerprint density at radius 1 is 0.726 bits per heavy atom. The van der Waals surface area contributed by atoms with Crippen LogP contribution in [0.1, 0.15) is 205 Å². The van der Waals surface area contributed by atoms with E-state index in [0.717, 1.165) is 93.3 Å². The topological polar surface area (TPSA) is 123 Å². The summed E-state index contributed by atoms with van der Waals surface area (Å²) in [5.41, 5.74) is 1.11. The first-order valence-corrected chi connectivity index (χ1v) is 25.2. The van der Waals surface area contributed by atoms with Crippen LogP contribution >= 0.6 is 0 Å². The third-order valence-electron chi connectivity index (χ3n) is 15.2. The van der Waals surface area contributed by atoms with Gasteiger partial charge < -0.3 is 29.7 Å². The number of nitrogens with one attached hydrogen (secondary N) is 2. The van der Waals surface area contributed by atoms with Gasteiger partial charge in [-0.05, 0) is 152 Å². The van der Waals surface area contributed by atoms with Crippen molar-refractivity contribution in [2.24, 2.45) is 46.3 Å². The maximum Gasteiger partial charge on any atom is 0.407 e. The van der Waals surface area contributed by atoms with E-state index in [0.29, 0.717) is 38.0 Å². The molecule has 0 aromatic heterocycles. The van der Waals surface area contributed by atoms with E-state index in [1.165, 1.54) is 56.9 Å². The molecule has 3 amide bonds. The normalized spacial score (nSPS) is 27.5. The van der Waals surface area contributed by atoms with Gasteiger partial charge >= 0.3 is 18.2 Å². The van der Waals surface area contributed by atoms with E-state index in [9.17, 15) is 19.2 Å². The SMILES string of the molecule is CC(C)CCC[C@@H](C)C1CCC2[C@@H]3CC=C4CC(OC(=O)CCC(=O)N(CCCCCCCCNC(=O)OC(C)(C)C)CCCNC(=O)OC(C)(C)C)CC[C@]4(C)C3CC[C@@]21C. The molecule has 10 heteroatoms. The molecule has 0 bridgehead atoms. The Bertz CT molecular complexity index is 1480. The Morgan fingerprint density at radius 3 is 1.98 bits per heavy atom. The second-order valence-electron chi connectivity index (χ2n) is 22.9. The number of carbonyl (C=O) groups is 4. The molecule has 0 aliphatic heterocycles. The van der Waals surface area contributed by atoms with Crippen molar-refractivity contribution in [3.8, 4) is 0 Å². The zero-order chi connectivity index (χ0) is 45.7. The van der Waals surface area contributed by atoms with Gasteiger partial charge in [-0.2, -0.15) is 0 Å². The number of amides is 3. The summed E-state index contributed by atoms with van der Waals surface area (Å²) in [6.07, 6.45) is 21.8. The summed E-state index contributed by atoms with van der Waals surface area (Å²) in [5.74, 6) is 4.47. The Hall–Kier alpha value is -2.78. The minimum Gasteiger partial charge on any atom is -0.462 e. The third-order valence-corrected chi connectivity index (χ3v) is 15.2. The van der Waals surface area contributed by atoms with Crippen LogP contribution in [0.5, 0.6) is 0 Å². The van der Waals surface area contributed by atoms with E-state index in [4.69, 9.17) is 14.2 Å². The second kappa shape index (κ2) is 23.4. The number of alkyl carbamates (subject to hydrolysis) is 2. The molecule has 0 aromatic carbocycles. The largest absolute Gasteiger partial charge is 0.462 e. The maximum atomic E-state index is 13.6. The number of nitrogens with zero attached hydrogens (tertiary/aromatic N) is 1. The summed E-state index contributed by atoms with van der Waals surface area (Å²) in [7, 11) is 0. The summed E-state index contributed by atoms with van der Waals surface area (Å²) >= 11 is 0. The van der Waals surface area contributed by atoms with Crippen molar-refractivity contribution >= 4 is 24.1 Å². The Labute approximate surface area is 377 Å². The number of hydrogen-bond acceptors (Lipinski definition) is 7. The van der Waals surface area contributed by atoms with Gasteiger partial charge in [0.15, 0.2) is 0 Å². The molecule has 4 aliphatic carbocycles. The molecule has 356 valence electrons. The summed E-state index contributed by atoms with van der Waals surface area (Å²) in [6.45, 7) is 25.6. The van der Waals surface area contributed by atoms with Crippen LogP contribution in [0.4, 0.5) is 9.59 Å². The highest BCUT2D eigenvalue weighted by molar-refractivity contribution is 5.81. The molecule has 10 nitrogen and oxygen atoms in total. The molecule has 62 heavy (non-hydrogen) atoms. The molecular formula is C52H91N3O7. The van der Waals surface area contributed by atoms with Crippen molar-refractivity contribution < 1.29 is 33.4 Å². The summed E-state index contributed by atoms with van der Waals surface area (Å²) in [5, 5.41) is 5.62. The molecule has 0 heterocycles. The minimum absolute atomic E-state index is 0.0481. The lowest BCUT2D eigenvalue weighted by molar-refractivity contribution is -0.153. The number of unbranched alkanes of at least 4 members (excludes halogenated alkanes) is 5. The Kier molecular flexibility index (Phi) is 19.6. The van der Waals surface area contributed by atoms with Crippen LogP contribution in [-0.4, -0.2) is 72.4 Å². The second-order valence-corrected chi connectivity index (χ2v) is 22.9. The molecule has 3 fully saturated rings. The summed E-state index contributed by atoms with van der Waals surface area (Å²) in [4.78, 5) is 52.8. The van der Waals surface area contributed by atoms with Gasteiger partial charge in [0.05, 0.1) is 6.42 Å². The number of allylic oxidation sites excluding steroid dienone is 1. The predicted octanol–water partition coefficient (Wildman–Crippen LogP) is 12.3. The van der Waals surface area contributed by atoms with Gasteiger partial charge in [-0.25, -0.2) is 9.59 Å². The average molecular weight is 870 g/mol. The van der Waals surface area contributed by atoms with Crippen molar-refractivity contribution in [3.63, 3.8) is 0 Å². The fourth-order valence-corrected chi connectivity index (χ4v) is 12.1. The monoisotopic (exact) mass is 870 g/mol. The standard InChI is InChI=1S/C52H91N3O7/c1-37(2)20-18-21-38(3)42-24-25-43-41-23-22-39-36-40(28-30-51(39,10)44(41)29-31-52(42,43)11)60-46(57)27-26-45(56)55(35-19-33-54-48(59)62-50(7,8)9)34-17-15-13-12-14-16-32-53-47(58)61-49(4,5)6/h22,37-38,40-44H,12-21,23-36H2,1-11H3,(H,53,58)(H,54,59)/t38-,40?,41+,42?,43?,44?,51+,52-/m1/s1. The zero-order valence-corrected chi connectivity index (χ0v) is 41.4. The Morgan fingerprint density at radius 2 is 1.34 bits per heavy atom. The highest BCUT2D eigenvalue weighted by atomic mass is 16.6. The van der Waals surface area contributed by atoms with Crippen LogP contribution in [-0.2, 0) is 23.8 Å². The fourth-order valence-electron chi connectivity index (χ4n) is 12.1. The Balaban J connectivity index is 1.22. The van der Waals surface area contributed by atoms with E-state index in [1.54, 1.807) is 0 Å². The molecule has 0 radical (unpaired) electrons. The van der Waals surface area contributed by atoms with Crippen molar-refractivity contribution in [2.75, 3.05) is 26.2 Å². The van der Waals surface area contributed by atoms with Crippen LogP contribution in [0.3, 0.4) is 0 Å². The van der Waals surface area contributed by atoms with Crippen molar-refractivity contribution in [3.05, 3.63) is 11.6 Å². The van der Waals surface area contributed by atoms with Gasteiger partial charge in [-0.3, -0.25) is 9.59 Å². The summed E-state index contributed by atoms with van der Waals surface area (Å²) in [6, 6.07) is 0. The number of carbonyl (C=O) groups excluding carboxylic acids is 4. The smallest absolute Gasteiger partial charge is 0.407 e. The maximum absolute atomic E-state index is 13.6. The molecule has 0 aromatic rings. The van der Waals surface area contributed by atoms with Crippen molar-refractivity contribution in [1.82, 2.24) is 15.5 Å². The molecular weight excluding hydrogens is 779 g/mol. The molecule has 8 atom stereocenters. The molecule has 0 saturated heterocycles. The van der Waals surface area contributed by atoms with Crippen molar-refractivity contribution in [1.29, 1.82) is 0 Å². The van der Waals surface area contributed by atoms with E-state index >= 15 is 0 Å². The zero-order valence-electron chi connectivity index (χ0n) is 41.4. The number of esters is 1. The quantitative estimate of drug-likeness (QED) is 0.0481. The van der Waals surface area contributed by atoms with Crippen molar-refractivity contribution in [2.45, 2.75) is 222 Å². The van der Waals surface area contributed by atoms with Gasteiger partial charge in [-0.15, -0.1) is 0 Å². The predicted molar refractivity (Wildman–Crippen MR) is 250 cm³/mol. The number of rotatable bonds is 22. The van der Waals surface area contributed by atoms with Gasteiger partial charge in [0, 0.05) is 39.0 Å². The first kappa shape index (κ1) is 51.9. The van der Waals surface area contributed by atoms with Gasteiger partial charge in [0.2, 0.25) is 5.91 Å². The van der Waals surface area contributed by atoms with Gasteiger partial charge in [0.1, 0.15) is 17.3 Å². The highest BCUT2D eigenvalue weighted by Gasteiger charge is 2.59. The molecule has 4 rings (SSSR count). The first-order chi connectivity index (χ1) is 29.1. The van der Waals surface area contributed by atoms with E-state index < -0.39 is 17.3 Å². The van der Waals surface area contributed by atoms with Crippen LogP contribution in [0.2, 0.25) is 0 Å². The molecule has 4 unspecified atom stereocenters. The lowest BCUT2D eigenvalue weighted by Gasteiger charge is -2.58.